The van der Waals surface area contributed by atoms with E-state index in [0.29, 0.717) is 12.1 Å². The van der Waals surface area contributed by atoms with Crippen LogP contribution in [0.15, 0.2) is 0 Å². The number of halogens is 1. The molecule has 1 heterocycles. The lowest BCUT2D eigenvalue weighted by Crippen LogP contribution is -2.37. The summed E-state index contributed by atoms with van der Waals surface area (Å²) in [7, 11) is 0. The minimum Gasteiger partial charge on any atom is -0.338 e. The fourth-order valence-electron chi connectivity index (χ4n) is 1.74. The lowest BCUT2D eigenvalue weighted by molar-refractivity contribution is -0.120. The highest BCUT2D eigenvalue weighted by Gasteiger charge is 2.33. The van der Waals surface area contributed by atoms with Gasteiger partial charge < -0.3 is 10.2 Å². The van der Waals surface area contributed by atoms with Gasteiger partial charge in [0.25, 0.3) is 0 Å². The molecule has 3 nitrogen and oxygen atoms in total. The van der Waals surface area contributed by atoms with Gasteiger partial charge >= 0.3 is 0 Å². The smallest absolute Gasteiger partial charge is 0.210 e. The Labute approximate surface area is 78.9 Å². The Bertz CT molecular complexity index is 155. The van der Waals surface area contributed by atoms with Gasteiger partial charge in [-0.05, 0) is 25.8 Å². The third-order valence-corrected chi connectivity index (χ3v) is 2.55. The Morgan fingerprint density at radius 3 is 2.42 bits per heavy atom. The molecule has 12 heavy (non-hydrogen) atoms. The number of rotatable bonds is 3. The Kier molecular flexibility index (Phi) is 3.35. The van der Waals surface area contributed by atoms with E-state index in [9.17, 15) is 4.79 Å². The zero-order valence-electron chi connectivity index (χ0n) is 7.03. The number of amides is 1. The number of carbonyl (C=O) groups excluding carboxylic acids is 1. The molecule has 1 saturated carbocycles. The molecule has 1 aliphatic heterocycles. The average molecular weight is 191 g/mol. The van der Waals surface area contributed by atoms with Crippen molar-refractivity contribution in [1.29, 1.82) is 0 Å². The number of carbonyl (C=O) groups is 1. The molecule has 0 aromatic carbocycles. The third kappa shape index (κ3) is 1.90. The van der Waals surface area contributed by atoms with Crippen LogP contribution in [0.3, 0.4) is 0 Å². The fourth-order valence-corrected chi connectivity index (χ4v) is 1.74. The fraction of sp³-hybridized carbons (Fsp3) is 0.875. The zero-order valence-corrected chi connectivity index (χ0v) is 7.85. The van der Waals surface area contributed by atoms with Crippen molar-refractivity contribution in [1.82, 2.24) is 10.2 Å². The van der Waals surface area contributed by atoms with Crippen molar-refractivity contribution in [2.45, 2.75) is 31.3 Å². The summed E-state index contributed by atoms with van der Waals surface area (Å²) in [5.74, 6) is 0. The van der Waals surface area contributed by atoms with Crippen LogP contribution >= 0.6 is 12.4 Å². The van der Waals surface area contributed by atoms with Gasteiger partial charge in [-0.3, -0.25) is 4.79 Å². The first-order valence-electron chi connectivity index (χ1n) is 4.35. The minimum absolute atomic E-state index is 0. The van der Waals surface area contributed by atoms with Crippen LogP contribution in [0, 0.1) is 0 Å². The Morgan fingerprint density at radius 1 is 1.25 bits per heavy atom. The van der Waals surface area contributed by atoms with Gasteiger partial charge in [0.15, 0.2) is 0 Å². The van der Waals surface area contributed by atoms with Gasteiger partial charge in [0.2, 0.25) is 6.41 Å². The van der Waals surface area contributed by atoms with E-state index in [2.05, 4.69) is 5.32 Å². The number of nitrogens with one attached hydrogen (secondary N) is 1. The summed E-state index contributed by atoms with van der Waals surface area (Å²) in [6, 6.07) is 1.07. The van der Waals surface area contributed by atoms with E-state index in [1.165, 1.54) is 12.8 Å². The SMILES string of the molecule is Cl.O=CN(C1CC1)[C@@H]1CCNC1. The van der Waals surface area contributed by atoms with E-state index >= 15 is 0 Å². The van der Waals surface area contributed by atoms with Gasteiger partial charge in [-0.25, -0.2) is 0 Å². The maximum Gasteiger partial charge on any atom is 0.210 e. The van der Waals surface area contributed by atoms with Gasteiger partial charge in [0.05, 0.1) is 0 Å². The van der Waals surface area contributed by atoms with Crippen molar-refractivity contribution < 1.29 is 4.79 Å². The summed E-state index contributed by atoms with van der Waals surface area (Å²) in [4.78, 5) is 12.7. The molecular formula is C8H15ClN2O. The van der Waals surface area contributed by atoms with Gasteiger partial charge in [-0.1, -0.05) is 0 Å². The lowest BCUT2D eigenvalue weighted by atomic mass is 10.2. The highest BCUT2D eigenvalue weighted by atomic mass is 35.5. The van der Waals surface area contributed by atoms with Gasteiger partial charge in [-0.15, -0.1) is 12.4 Å². The van der Waals surface area contributed by atoms with E-state index in [0.717, 1.165) is 25.9 Å². The molecule has 1 aliphatic carbocycles. The molecule has 70 valence electrons. The molecule has 2 rings (SSSR count). The van der Waals surface area contributed by atoms with Crippen LogP contribution in [0.5, 0.6) is 0 Å². The molecule has 0 spiro atoms. The standard InChI is InChI=1S/C8H14N2O.ClH/c11-6-10(7-1-2-7)8-3-4-9-5-8;/h6-9H,1-5H2;1H/t8-;/m1./s1. The van der Waals surface area contributed by atoms with E-state index in [4.69, 9.17) is 0 Å². The zero-order chi connectivity index (χ0) is 7.68. The van der Waals surface area contributed by atoms with Crippen LogP contribution in [0.4, 0.5) is 0 Å². The van der Waals surface area contributed by atoms with Crippen LogP contribution in [0.1, 0.15) is 19.3 Å². The van der Waals surface area contributed by atoms with Gasteiger partial charge in [-0.2, -0.15) is 0 Å². The van der Waals surface area contributed by atoms with Crippen LogP contribution in [0.25, 0.3) is 0 Å². The summed E-state index contributed by atoms with van der Waals surface area (Å²) in [6.45, 7) is 2.07. The summed E-state index contributed by atoms with van der Waals surface area (Å²) >= 11 is 0. The summed E-state index contributed by atoms with van der Waals surface area (Å²) < 4.78 is 0. The first kappa shape index (κ1) is 9.81. The van der Waals surface area contributed by atoms with Gasteiger partial charge in [0, 0.05) is 18.6 Å². The molecule has 0 unspecified atom stereocenters. The largest absolute Gasteiger partial charge is 0.338 e. The highest BCUT2D eigenvalue weighted by molar-refractivity contribution is 5.85. The average Bonchev–Trinajstić information content (AvgIpc) is 2.68. The molecule has 2 aliphatic rings. The molecule has 1 atom stereocenters. The second kappa shape index (κ2) is 4.10. The van der Waals surface area contributed by atoms with Crippen molar-refractivity contribution in [2.24, 2.45) is 0 Å². The first-order valence-corrected chi connectivity index (χ1v) is 4.35. The van der Waals surface area contributed by atoms with E-state index in [-0.39, 0.29) is 12.4 Å². The lowest BCUT2D eigenvalue weighted by Gasteiger charge is -2.23. The molecule has 4 heteroatoms. The topological polar surface area (TPSA) is 32.3 Å². The van der Waals surface area contributed by atoms with Crippen LogP contribution in [0.2, 0.25) is 0 Å². The van der Waals surface area contributed by atoms with Crippen molar-refractivity contribution in [3.63, 3.8) is 0 Å². The van der Waals surface area contributed by atoms with Crippen molar-refractivity contribution >= 4 is 18.8 Å². The Morgan fingerprint density at radius 2 is 2.00 bits per heavy atom. The normalized spacial score (nSPS) is 27.8. The minimum atomic E-state index is 0. The first-order chi connectivity index (χ1) is 5.42. The second-order valence-electron chi connectivity index (χ2n) is 3.43. The van der Waals surface area contributed by atoms with Crippen molar-refractivity contribution in [3.05, 3.63) is 0 Å². The molecule has 0 bridgehead atoms. The summed E-state index contributed by atoms with van der Waals surface area (Å²) in [5, 5.41) is 3.27. The molecule has 1 amide bonds. The Hall–Kier alpha value is -0.280. The van der Waals surface area contributed by atoms with E-state index in [1.54, 1.807) is 0 Å². The van der Waals surface area contributed by atoms with Crippen LogP contribution in [-0.2, 0) is 4.79 Å². The van der Waals surface area contributed by atoms with Crippen LogP contribution < -0.4 is 5.32 Å². The molecule has 2 fully saturated rings. The molecule has 1 saturated heterocycles. The molecule has 0 aromatic rings. The Balaban J connectivity index is 0.000000720. The third-order valence-electron chi connectivity index (χ3n) is 2.55. The quantitative estimate of drug-likeness (QED) is 0.654. The molecule has 0 aromatic heterocycles. The number of nitrogens with zero attached hydrogens (tertiary/aromatic N) is 1. The van der Waals surface area contributed by atoms with Gasteiger partial charge in [0.1, 0.15) is 0 Å². The molecular weight excluding hydrogens is 176 g/mol. The predicted molar refractivity (Wildman–Crippen MR) is 49.4 cm³/mol. The second-order valence-corrected chi connectivity index (χ2v) is 3.43. The monoisotopic (exact) mass is 190 g/mol. The highest BCUT2D eigenvalue weighted by Crippen LogP contribution is 2.28. The predicted octanol–water partition coefficient (Wildman–Crippen LogP) is 0.391. The van der Waals surface area contributed by atoms with Crippen molar-refractivity contribution in [3.8, 4) is 0 Å². The summed E-state index contributed by atoms with van der Waals surface area (Å²) in [5.41, 5.74) is 0. The van der Waals surface area contributed by atoms with E-state index < -0.39 is 0 Å². The van der Waals surface area contributed by atoms with Crippen molar-refractivity contribution in [2.75, 3.05) is 13.1 Å². The number of hydrogen-bond acceptors (Lipinski definition) is 2. The summed E-state index contributed by atoms with van der Waals surface area (Å²) in [6.07, 6.45) is 4.59. The van der Waals surface area contributed by atoms with E-state index in [1.807, 2.05) is 4.90 Å². The molecule has 0 radical (unpaired) electrons. The maximum atomic E-state index is 10.7. The molecule has 1 N–H and O–H groups in total. The maximum absolute atomic E-state index is 10.7. The van der Waals surface area contributed by atoms with Crippen LogP contribution in [-0.4, -0.2) is 36.5 Å². The number of hydrogen-bond donors (Lipinski definition) is 1.